The first-order valence-electron chi connectivity index (χ1n) is 4.45. The lowest BCUT2D eigenvalue weighted by Crippen LogP contribution is -1.82. The van der Waals surface area contributed by atoms with Crippen LogP contribution in [0.1, 0.15) is 0 Å². The van der Waals surface area contributed by atoms with Gasteiger partial charge in [-0.15, -0.1) is 0 Å². The van der Waals surface area contributed by atoms with Gasteiger partial charge >= 0.3 is 0 Å². The van der Waals surface area contributed by atoms with E-state index in [0.717, 1.165) is 16.3 Å². The molecule has 1 heterocycles. The lowest BCUT2D eigenvalue weighted by Gasteiger charge is -2.00. The largest absolute Gasteiger partial charge is 0.236 e. The molecule has 0 aliphatic heterocycles. The summed E-state index contributed by atoms with van der Waals surface area (Å²) in [5.74, 6) is 0. The number of rotatable bonds is 0. The van der Waals surface area contributed by atoms with E-state index in [-0.39, 0.29) is 0 Å². The number of nitrogens with zero attached hydrogens (tertiary/aromatic N) is 2. The lowest BCUT2D eigenvalue weighted by molar-refractivity contribution is 1.22. The standard InChI is InChI=1S/C12H7N2/c1-2-4-11-9(3-1)5-6-10-7-13-8-14-12(10)11/h1-6,8H. The molecule has 0 saturated carbocycles. The molecule has 3 rings (SSSR count). The molecule has 0 amide bonds. The first kappa shape index (κ1) is 7.44. The molecule has 0 saturated heterocycles. The summed E-state index contributed by atoms with van der Waals surface area (Å²) in [6.07, 6.45) is 4.47. The molecule has 1 radical (unpaired) electrons. The van der Waals surface area contributed by atoms with Gasteiger partial charge in [-0.3, -0.25) is 0 Å². The summed E-state index contributed by atoms with van der Waals surface area (Å²) in [6, 6.07) is 12.3. The summed E-state index contributed by atoms with van der Waals surface area (Å²) in [5.41, 5.74) is 0.970. The first-order chi connectivity index (χ1) is 6.95. The zero-order valence-electron chi connectivity index (χ0n) is 7.44. The molecule has 2 heteroatoms. The predicted molar refractivity (Wildman–Crippen MR) is 55.9 cm³/mol. The molecule has 14 heavy (non-hydrogen) atoms. The van der Waals surface area contributed by atoms with Gasteiger partial charge < -0.3 is 0 Å². The van der Waals surface area contributed by atoms with Crippen LogP contribution >= 0.6 is 0 Å². The van der Waals surface area contributed by atoms with Gasteiger partial charge in [0.25, 0.3) is 0 Å². The van der Waals surface area contributed by atoms with Gasteiger partial charge in [0, 0.05) is 10.8 Å². The van der Waals surface area contributed by atoms with Gasteiger partial charge in [-0.1, -0.05) is 30.3 Å². The Labute approximate surface area is 81.2 Å². The van der Waals surface area contributed by atoms with E-state index in [0.29, 0.717) is 0 Å². The minimum atomic E-state index is 0.964. The third-order valence-corrected chi connectivity index (χ3v) is 2.33. The topological polar surface area (TPSA) is 25.8 Å². The van der Waals surface area contributed by atoms with Gasteiger partial charge in [-0.2, -0.15) is 0 Å². The van der Waals surface area contributed by atoms with Crippen LogP contribution < -0.4 is 0 Å². The third-order valence-electron chi connectivity index (χ3n) is 2.33. The van der Waals surface area contributed by atoms with E-state index in [1.807, 2.05) is 18.2 Å². The zero-order valence-corrected chi connectivity index (χ0v) is 7.44. The lowest BCUT2D eigenvalue weighted by atomic mass is 10.1. The van der Waals surface area contributed by atoms with E-state index >= 15 is 0 Å². The SMILES string of the molecule is [c]1ncnc2c1ccc1ccccc12. The van der Waals surface area contributed by atoms with E-state index < -0.39 is 0 Å². The fourth-order valence-electron chi connectivity index (χ4n) is 1.67. The van der Waals surface area contributed by atoms with Gasteiger partial charge in [0.05, 0.1) is 5.52 Å². The van der Waals surface area contributed by atoms with Crippen LogP contribution in [0.4, 0.5) is 0 Å². The Morgan fingerprint density at radius 1 is 1.00 bits per heavy atom. The van der Waals surface area contributed by atoms with Crippen molar-refractivity contribution in [2.75, 3.05) is 0 Å². The number of benzene rings is 2. The Hall–Kier alpha value is -1.96. The highest BCUT2D eigenvalue weighted by atomic mass is 14.8. The van der Waals surface area contributed by atoms with Gasteiger partial charge in [0.1, 0.15) is 12.5 Å². The van der Waals surface area contributed by atoms with Crippen molar-refractivity contribution in [3.63, 3.8) is 0 Å². The van der Waals surface area contributed by atoms with Gasteiger partial charge in [0.15, 0.2) is 0 Å². The van der Waals surface area contributed by atoms with Crippen molar-refractivity contribution in [1.82, 2.24) is 9.97 Å². The van der Waals surface area contributed by atoms with Crippen molar-refractivity contribution >= 4 is 21.7 Å². The molecule has 65 valence electrons. The number of aromatic nitrogens is 2. The second-order valence-corrected chi connectivity index (χ2v) is 3.17. The van der Waals surface area contributed by atoms with Crippen molar-refractivity contribution in [3.8, 4) is 0 Å². The van der Waals surface area contributed by atoms with E-state index in [9.17, 15) is 0 Å². The number of hydrogen-bond donors (Lipinski definition) is 0. The van der Waals surface area contributed by atoms with Crippen LogP contribution in [-0.4, -0.2) is 9.97 Å². The van der Waals surface area contributed by atoms with E-state index in [2.05, 4.69) is 34.4 Å². The monoisotopic (exact) mass is 179 g/mol. The fraction of sp³-hybridized carbons (Fsp3) is 0. The highest BCUT2D eigenvalue weighted by Crippen LogP contribution is 2.21. The molecule has 0 N–H and O–H groups in total. The second kappa shape index (κ2) is 2.77. The Bertz CT molecular complexity index is 547. The van der Waals surface area contributed by atoms with Gasteiger partial charge in [-0.25, -0.2) is 9.97 Å². The zero-order chi connectivity index (χ0) is 9.38. The summed E-state index contributed by atoms with van der Waals surface area (Å²) >= 11 is 0. The van der Waals surface area contributed by atoms with E-state index in [1.54, 1.807) is 0 Å². The minimum absolute atomic E-state index is 0.964. The molecule has 2 nitrogen and oxygen atoms in total. The van der Waals surface area contributed by atoms with Crippen LogP contribution in [0.2, 0.25) is 0 Å². The molecule has 0 spiro atoms. The molecule has 2 aromatic carbocycles. The Balaban J connectivity index is 2.61. The Kier molecular flexibility index (Phi) is 1.47. The molecule has 0 unspecified atom stereocenters. The Morgan fingerprint density at radius 2 is 1.93 bits per heavy atom. The van der Waals surface area contributed by atoms with Crippen molar-refractivity contribution in [3.05, 3.63) is 48.9 Å². The van der Waals surface area contributed by atoms with E-state index in [4.69, 9.17) is 0 Å². The van der Waals surface area contributed by atoms with Crippen LogP contribution in [0, 0.1) is 6.20 Å². The molecule has 0 bridgehead atoms. The summed E-state index contributed by atoms with van der Waals surface area (Å²) in [4.78, 5) is 8.15. The maximum atomic E-state index is 4.27. The molecule has 0 fully saturated rings. The molecule has 0 atom stereocenters. The molecular weight excluding hydrogens is 172 g/mol. The van der Waals surface area contributed by atoms with Crippen LogP contribution in [0.15, 0.2) is 42.7 Å². The summed E-state index contributed by atoms with van der Waals surface area (Å²) in [7, 11) is 0. The molecule has 1 aromatic heterocycles. The number of hydrogen-bond acceptors (Lipinski definition) is 2. The highest BCUT2D eigenvalue weighted by Gasteiger charge is 1.99. The average molecular weight is 179 g/mol. The molecule has 0 aliphatic rings. The van der Waals surface area contributed by atoms with Crippen molar-refractivity contribution in [2.24, 2.45) is 0 Å². The van der Waals surface area contributed by atoms with Gasteiger partial charge in [-0.05, 0) is 11.5 Å². The normalized spacial score (nSPS) is 10.9. The average Bonchev–Trinajstić information content (AvgIpc) is 2.29. The first-order valence-corrected chi connectivity index (χ1v) is 4.45. The quantitative estimate of drug-likeness (QED) is 0.496. The van der Waals surface area contributed by atoms with Gasteiger partial charge in [0.2, 0.25) is 0 Å². The maximum Gasteiger partial charge on any atom is 0.116 e. The van der Waals surface area contributed by atoms with Crippen LogP contribution in [0.5, 0.6) is 0 Å². The smallest absolute Gasteiger partial charge is 0.116 e. The van der Waals surface area contributed by atoms with Crippen molar-refractivity contribution < 1.29 is 0 Å². The summed E-state index contributed by atoms with van der Waals surface area (Å²) in [5, 5.41) is 3.32. The Morgan fingerprint density at radius 3 is 2.93 bits per heavy atom. The highest BCUT2D eigenvalue weighted by molar-refractivity contribution is 6.04. The van der Waals surface area contributed by atoms with E-state index in [1.165, 1.54) is 11.7 Å². The van der Waals surface area contributed by atoms with Crippen molar-refractivity contribution in [1.29, 1.82) is 0 Å². The minimum Gasteiger partial charge on any atom is -0.236 e. The molecular formula is C12H7N2. The van der Waals surface area contributed by atoms with Crippen LogP contribution in [0.25, 0.3) is 21.7 Å². The summed E-state index contributed by atoms with van der Waals surface area (Å²) < 4.78 is 0. The maximum absolute atomic E-state index is 4.27. The molecule has 0 aliphatic carbocycles. The second-order valence-electron chi connectivity index (χ2n) is 3.17. The van der Waals surface area contributed by atoms with Crippen molar-refractivity contribution in [2.45, 2.75) is 0 Å². The van der Waals surface area contributed by atoms with Crippen LogP contribution in [0.3, 0.4) is 0 Å². The fourth-order valence-corrected chi connectivity index (χ4v) is 1.67. The molecule has 3 aromatic rings. The number of fused-ring (bicyclic) bond motifs is 3. The predicted octanol–water partition coefficient (Wildman–Crippen LogP) is 2.58. The summed E-state index contributed by atoms with van der Waals surface area (Å²) in [6.45, 7) is 0. The third kappa shape index (κ3) is 0.973. The van der Waals surface area contributed by atoms with Crippen LogP contribution in [-0.2, 0) is 0 Å².